The molecule has 0 amide bonds. The monoisotopic (exact) mass is 327 g/mol. The summed E-state index contributed by atoms with van der Waals surface area (Å²) < 4.78 is 17.0. The molecule has 1 aliphatic heterocycles. The first-order valence-electron chi connectivity index (χ1n) is 7.75. The van der Waals surface area contributed by atoms with Crippen molar-refractivity contribution in [3.63, 3.8) is 0 Å². The lowest BCUT2D eigenvalue weighted by molar-refractivity contribution is 0.178. The van der Waals surface area contributed by atoms with E-state index in [2.05, 4.69) is 45.6 Å². The first-order chi connectivity index (χ1) is 9.94. The number of fused-ring (bicyclic) bond motifs is 1. The highest BCUT2D eigenvalue weighted by Gasteiger charge is 2.35. The largest absolute Gasteiger partial charge is 0.788 e. The average molecular weight is 328 g/mol. The van der Waals surface area contributed by atoms with Crippen LogP contribution in [-0.2, 0) is 10.1 Å². The van der Waals surface area contributed by atoms with E-state index in [-0.39, 0.29) is 17.8 Å². The van der Waals surface area contributed by atoms with Crippen LogP contribution in [0.5, 0.6) is 11.5 Å². The van der Waals surface area contributed by atoms with Gasteiger partial charge in [-0.15, -0.1) is 12.4 Å². The summed E-state index contributed by atoms with van der Waals surface area (Å²) in [4.78, 5) is 2.31. The molecule has 0 saturated heterocycles. The summed E-state index contributed by atoms with van der Waals surface area (Å²) >= 11 is 0. The van der Waals surface area contributed by atoms with Gasteiger partial charge in [0.25, 0.3) is 0 Å². The van der Waals surface area contributed by atoms with Crippen molar-refractivity contribution < 1.29 is 14.0 Å². The average Bonchev–Trinajstić information content (AvgIpc) is 2.84. The predicted molar refractivity (Wildman–Crippen MR) is 93.1 cm³/mol. The van der Waals surface area contributed by atoms with Gasteiger partial charge in [-0.2, -0.15) is 0 Å². The molecule has 0 fully saturated rings. The van der Waals surface area contributed by atoms with Crippen LogP contribution in [-0.4, -0.2) is 38.5 Å². The first kappa shape index (κ1) is 19.1. The Labute approximate surface area is 140 Å². The van der Waals surface area contributed by atoms with Crippen molar-refractivity contribution in [2.45, 2.75) is 40.0 Å². The summed E-state index contributed by atoms with van der Waals surface area (Å²) in [6.45, 7) is 14.4. The van der Waals surface area contributed by atoms with Crippen LogP contribution >= 0.6 is 12.4 Å². The molecule has 124 valence electrons. The van der Waals surface area contributed by atoms with Crippen molar-refractivity contribution in [1.29, 1.82) is 0 Å². The third-order valence-electron chi connectivity index (χ3n) is 3.81. The zero-order valence-corrected chi connectivity index (χ0v) is 15.0. The van der Waals surface area contributed by atoms with Crippen molar-refractivity contribution in [3.8, 4) is 11.5 Å². The van der Waals surface area contributed by atoms with Gasteiger partial charge in [-0.05, 0) is 36.2 Å². The number of halogens is 1. The summed E-state index contributed by atoms with van der Waals surface area (Å²) in [6.07, 6.45) is 0. The Bertz CT molecular complexity index is 475. The molecule has 0 bridgehead atoms. The molecule has 0 unspecified atom stereocenters. The van der Waals surface area contributed by atoms with E-state index < -0.39 is 7.32 Å². The van der Waals surface area contributed by atoms with E-state index in [0.717, 1.165) is 31.1 Å². The van der Waals surface area contributed by atoms with E-state index in [9.17, 15) is 0 Å². The SMILES string of the molecule is CCN(CC)CCOB1Oc2ccc(C(C)(C)C)cc2O1.Cl. The molecule has 2 rings (SSSR count). The maximum absolute atomic E-state index is 5.73. The van der Waals surface area contributed by atoms with E-state index in [1.54, 1.807) is 0 Å². The van der Waals surface area contributed by atoms with E-state index in [1.165, 1.54) is 5.56 Å². The molecule has 1 heterocycles. The van der Waals surface area contributed by atoms with E-state index >= 15 is 0 Å². The Morgan fingerprint density at radius 2 is 1.73 bits per heavy atom. The number of rotatable bonds is 6. The Morgan fingerprint density at radius 3 is 2.32 bits per heavy atom. The van der Waals surface area contributed by atoms with Crippen LogP contribution in [0.25, 0.3) is 0 Å². The fraction of sp³-hybridized carbons (Fsp3) is 0.625. The van der Waals surface area contributed by atoms with Crippen molar-refractivity contribution in [2.75, 3.05) is 26.2 Å². The Hall–Kier alpha value is -0.905. The van der Waals surface area contributed by atoms with E-state index in [1.807, 2.05) is 12.1 Å². The summed E-state index contributed by atoms with van der Waals surface area (Å²) in [5, 5.41) is 0. The fourth-order valence-corrected chi connectivity index (χ4v) is 2.28. The second kappa shape index (κ2) is 8.09. The molecule has 4 nitrogen and oxygen atoms in total. The summed E-state index contributed by atoms with van der Waals surface area (Å²) in [7, 11) is -0.620. The summed E-state index contributed by atoms with van der Waals surface area (Å²) in [5.74, 6) is 1.53. The normalized spacial score (nSPS) is 13.5. The van der Waals surface area contributed by atoms with Crippen molar-refractivity contribution in [1.82, 2.24) is 4.90 Å². The number of hydrogen-bond acceptors (Lipinski definition) is 4. The first-order valence-corrected chi connectivity index (χ1v) is 7.75. The van der Waals surface area contributed by atoms with Gasteiger partial charge in [-0.3, -0.25) is 0 Å². The summed E-state index contributed by atoms with van der Waals surface area (Å²) in [5.41, 5.74) is 1.33. The number of benzene rings is 1. The molecule has 0 atom stereocenters. The molecule has 0 radical (unpaired) electrons. The lowest BCUT2D eigenvalue weighted by Gasteiger charge is -2.19. The van der Waals surface area contributed by atoms with Crippen molar-refractivity contribution >= 4 is 19.7 Å². The number of likely N-dealkylation sites (N-methyl/N-ethyl adjacent to an activating group) is 1. The van der Waals surface area contributed by atoms with Crippen LogP contribution in [0.15, 0.2) is 18.2 Å². The summed E-state index contributed by atoms with van der Waals surface area (Å²) in [6, 6.07) is 6.09. The Balaban J connectivity index is 0.00000242. The fourth-order valence-electron chi connectivity index (χ4n) is 2.28. The molecule has 1 aromatic rings. The Kier molecular flexibility index (Phi) is 7.04. The topological polar surface area (TPSA) is 30.9 Å². The van der Waals surface area contributed by atoms with Gasteiger partial charge in [0.05, 0.1) is 0 Å². The third-order valence-corrected chi connectivity index (χ3v) is 3.81. The van der Waals surface area contributed by atoms with Crippen LogP contribution in [0.2, 0.25) is 0 Å². The molecule has 22 heavy (non-hydrogen) atoms. The minimum atomic E-state index is -0.620. The van der Waals surface area contributed by atoms with E-state index in [4.69, 9.17) is 14.0 Å². The molecule has 6 heteroatoms. The predicted octanol–water partition coefficient (Wildman–Crippen LogP) is 3.52. The van der Waals surface area contributed by atoms with Gasteiger partial charge in [-0.25, -0.2) is 0 Å². The Morgan fingerprint density at radius 1 is 1.09 bits per heavy atom. The molecule has 1 aromatic carbocycles. The standard InChI is InChI=1S/C16H26BNO3.ClH/c1-6-18(7-2)10-11-19-17-20-14-9-8-13(16(3,4)5)12-15(14)21-17;/h8-9,12H,6-7,10-11H2,1-5H3;1H. The van der Waals surface area contributed by atoms with Crippen molar-refractivity contribution in [2.24, 2.45) is 0 Å². The lowest BCUT2D eigenvalue weighted by Crippen LogP contribution is -2.34. The zero-order chi connectivity index (χ0) is 15.5. The van der Waals surface area contributed by atoms with Crippen LogP contribution < -0.4 is 9.31 Å². The molecule has 0 N–H and O–H groups in total. The second-order valence-electron chi connectivity index (χ2n) is 6.33. The number of nitrogens with zero attached hydrogens (tertiary/aromatic N) is 1. The van der Waals surface area contributed by atoms with Gasteiger partial charge < -0.3 is 18.9 Å². The number of hydrogen-bond donors (Lipinski definition) is 0. The molecule has 1 aliphatic rings. The van der Waals surface area contributed by atoms with Gasteiger partial charge in [-0.1, -0.05) is 40.7 Å². The van der Waals surface area contributed by atoms with Gasteiger partial charge in [0.15, 0.2) is 0 Å². The lowest BCUT2D eigenvalue weighted by atomic mass is 9.87. The van der Waals surface area contributed by atoms with E-state index in [0.29, 0.717) is 6.61 Å². The molecular formula is C16H27BClNO3. The third kappa shape index (κ3) is 4.80. The molecule has 0 aliphatic carbocycles. The quantitative estimate of drug-likeness (QED) is 0.748. The molecule has 0 saturated carbocycles. The maximum atomic E-state index is 5.73. The molecular weight excluding hydrogens is 300 g/mol. The minimum Gasteiger partial charge on any atom is -0.498 e. The van der Waals surface area contributed by atoms with Crippen LogP contribution in [0.4, 0.5) is 0 Å². The highest BCUT2D eigenvalue weighted by molar-refractivity contribution is 6.40. The molecule has 0 aromatic heterocycles. The highest BCUT2D eigenvalue weighted by Crippen LogP contribution is 2.37. The van der Waals surface area contributed by atoms with Gasteiger partial charge >= 0.3 is 7.32 Å². The molecule has 0 spiro atoms. The maximum Gasteiger partial charge on any atom is 0.788 e. The zero-order valence-electron chi connectivity index (χ0n) is 14.2. The van der Waals surface area contributed by atoms with Gasteiger partial charge in [0.2, 0.25) is 0 Å². The van der Waals surface area contributed by atoms with Crippen LogP contribution in [0, 0.1) is 0 Å². The van der Waals surface area contributed by atoms with Crippen LogP contribution in [0.3, 0.4) is 0 Å². The van der Waals surface area contributed by atoms with Gasteiger partial charge in [0.1, 0.15) is 11.5 Å². The second-order valence-corrected chi connectivity index (χ2v) is 6.33. The van der Waals surface area contributed by atoms with Crippen LogP contribution in [0.1, 0.15) is 40.2 Å². The smallest absolute Gasteiger partial charge is 0.498 e. The van der Waals surface area contributed by atoms with Gasteiger partial charge in [0, 0.05) is 13.2 Å². The highest BCUT2D eigenvalue weighted by atomic mass is 35.5. The van der Waals surface area contributed by atoms with Crippen molar-refractivity contribution in [3.05, 3.63) is 23.8 Å². The minimum absolute atomic E-state index is 0.